The number of hydrogen-bond acceptors (Lipinski definition) is 6. The second kappa shape index (κ2) is 52.1. The summed E-state index contributed by atoms with van der Waals surface area (Å²) in [5, 5.41) is 22.0. The summed E-state index contributed by atoms with van der Waals surface area (Å²) < 4.78 is 0. The van der Waals surface area contributed by atoms with Crippen molar-refractivity contribution >= 4 is 49.7 Å². The molecule has 0 aliphatic carbocycles. The van der Waals surface area contributed by atoms with Crippen molar-refractivity contribution < 1.29 is 19.8 Å². The molecule has 0 radical (unpaired) electrons. The van der Waals surface area contributed by atoms with Crippen LogP contribution in [0.4, 0.5) is 0 Å². The molecule has 0 bridgehead atoms. The summed E-state index contributed by atoms with van der Waals surface area (Å²) in [4.78, 5) is 26.1. The van der Waals surface area contributed by atoms with Crippen LogP contribution in [0.15, 0.2) is 0 Å². The van der Waals surface area contributed by atoms with E-state index in [-0.39, 0.29) is 50.8 Å². The predicted molar refractivity (Wildman–Crippen MR) is 238 cm³/mol. The maximum absolute atomic E-state index is 11.0. The van der Waals surface area contributed by atoms with Crippen LogP contribution in [0.3, 0.4) is 0 Å². The second-order valence-electron chi connectivity index (χ2n) is 16.6. The molecule has 0 aromatic carbocycles. The van der Waals surface area contributed by atoms with Gasteiger partial charge in [0.1, 0.15) is 0 Å². The minimum atomic E-state index is -0.929. The average Bonchev–Trinajstić information content (AvgIpc) is 3.14. The molecule has 0 heterocycles. The molecule has 0 atom stereocenters. The van der Waals surface area contributed by atoms with Gasteiger partial charge >= 0.3 is 37.7 Å². The molecule has 0 aliphatic heterocycles. The van der Waals surface area contributed by atoms with Gasteiger partial charge in [0.2, 0.25) is 0 Å². The van der Waals surface area contributed by atoms with Gasteiger partial charge in [-0.1, -0.05) is 233 Å². The van der Waals surface area contributed by atoms with E-state index in [0.717, 1.165) is 51.9 Å². The van der Waals surface area contributed by atoms with Gasteiger partial charge in [-0.3, -0.25) is 9.80 Å². The molecular weight excluding hydrogens is 709 g/mol. The van der Waals surface area contributed by atoms with Crippen molar-refractivity contribution in [3.05, 3.63) is 0 Å². The molecule has 0 fully saturated rings. The quantitative estimate of drug-likeness (QED) is 0.0450. The van der Waals surface area contributed by atoms with E-state index in [0.29, 0.717) is 0 Å². The summed E-state index contributed by atoms with van der Waals surface area (Å²) >= 11 is 0. The molecule has 55 heavy (non-hydrogen) atoms. The zero-order valence-corrected chi connectivity index (χ0v) is 40.1. The Kier molecular flexibility index (Phi) is 56.3. The third kappa shape index (κ3) is 54.1. The van der Waals surface area contributed by atoms with E-state index >= 15 is 0 Å². The van der Waals surface area contributed by atoms with Crippen molar-refractivity contribution in [1.82, 2.24) is 9.80 Å². The first kappa shape index (κ1) is 59.4. The van der Waals surface area contributed by atoms with Gasteiger partial charge < -0.3 is 19.8 Å². The van der Waals surface area contributed by atoms with Crippen LogP contribution < -0.4 is 10.2 Å². The fourth-order valence-corrected chi connectivity index (χ4v) is 7.49. The van der Waals surface area contributed by atoms with Crippen molar-refractivity contribution in [3.8, 4) is 0 Å². The number of carboxylic acid groups (broad SMARTS) is 2. The molecule has 0 aromatic heterocycles. The van der Waals surface area contributed by atoms with Gasteiger partial charge in [-0.2, -0.15) is 0 Å². The van der Waals surface area contributed by atoms with Crippen LogP contribution in [0.2, 0.25) is 0 Å². The van der Waals surface area contributed by atoms with Crippen LogP contribution in [0.1, 0.15) is 259 Å². The summed E-state index contributed by atoms with van der Waals surface area (Å²) in [5.41, 5.74) is 0. The Balaban J connectivity index is -0.000000966. The third-order valence-electron chi connectivity index (χ3n) is 11.0. The molecule has 7 heteroatoms. The number of hydrogen-bond donors (Lipinski definition) is 0. The monoisotopic (exact) mass is 805 g/mol. The maximum Gasteiger partial charge on any atom is 2.00 e. The summed E-state index contributed by atoms with van der Waals surface area (Å²) in [6.45, 7) is 12.9. The molecule has 0 saturated carbocycles. The largest absolute Gasteiger partial charge is 2.00 e. The van der Waals surface area contributed by atoms with Crippen LogP contribution in [0, 0.1) is 0 Å². The number of unbranched alkanes of at least 4 members (excludes halogenated alkanes) is 32. The zero-order chi connectivity index (χ0) is 40.0. The molecule has 0 N–H and O–H groups in total. The number of rotatable bonds is 44. The normalized spacial score (nSPS) is 11.2. The van der Waals surface area contributed by atoms with Crippen LogP contribution in [-0.2, 0) is 9.59 Å². The van der Waals surface area contributed by atoms with E-state index in [4.69, 9.17) is 0 Å². The van der Waals surface area contributed by atoms with Gasteiger partial charge in [-0.25, -0.2) is 0 Å². The predicted octanol–water partition coefficient (Wildman–Crippen LogP) is 11.8. The Morgan fingerprint density at radius 1 is 0.291 bits per heavy atom. The summed E-state index contributed by atoms with van der Waals surface area (Å²) in [6, 6.07) is 0. The maximum atomic E-state index is 11.0. The van der Waals surface area contributed by atoms with Crippen molar-refractivity contribution in [1.29, 1.82) is 0 Å². The van der Waals surface area contributed by atoms with E-state index in [1.165, 1.54) is 205 Å². The minimum Gasteiger partial charge on any atom is -0.549 e. The molecule has 6 nitrogen and oxygen atoms in total. The third-order valence-corrected chi connectivity index (χ3v) is 11.0. The Labute approximate surface area is 374 Å². The van der Waals surface area contributed by atoms with Crippen molar-refractivity contribution in [2.75, 3.05) is 39.3 Å². The zero-order valence-electron chi connectivity index (χ0n) is 37.9. The van der Waals surface area contributed by atoms with E-state index < -0.39 is 11.9 Å². The number of aliphatic carboxylic acids is 2. The Morgan fingerprint density at radius 3 is 0.582 bits per heavy atom. The molecule has 0 aromatic rings. The van der Waals surface area contributed by atoms with E-state index in [2.05, 4.69) is 37.5 Å². The van der Waals surface area contributed by atoms with Crippen LogP contribution >= 0.6 is 0 Å². The molecule has 0 rings (SSSR count). The van der Waals surface area contributed by atoms with Gasteiger partial charge in [0.25, 0.3) is 0 Å². The average molecular weight is 805 g/mol. The first-order valence-electron chi connectivity index (χ1n) is 24.2. The van der Waals surface area contributed by atoms with Gasteiger partial charge in [-0.05, 0) is 51.9 Å². The summed E-state index contributed by atoms with van der Waals surface area (Å²) in [7, 11) is 0. The first-order valence-corrected chi connectivity index (χ1v) is 24.2. The van der Waals surface area contributed by atoms with E-state index in [9.17, 15) is 19.8 Å². The number of carboxylic acids is 2. The smallest absolute Gasteiger partial charge is 0.549 e. The second-order valence-corrected chi connectivity index (χ2v) is 16.6. The van der Waals surface area contributed by atoms with Crippen LogP contribution in [-0.4, -0.2) is 98.7 Å². The topological polar surface area (TPSA) is 86.7 Å². The Bertz CT molecular complexity index is 637. The van der Waals surface area contributed by atoms with Gasteiger partial charge in [0.15, 0.2) is 0 Å². The standard InChI is InChI=1S/2C24H49NO2.Ca/c2*1-3-5-7-9-11-13-15-17-19-21-25(23-24(26)27)22-20-18-16-14-12-10-8-6-4-2;/h2*3-23H2,1-2H3,(H,26,27);/q;;+2/p-2. The van der Waals surface area contributed by atoms with Crippen molar-refractivity contribution in [3.63, 3.8) is 0 Å². The van der Waals surface area contributed by atoms with E-state index in [1.54, 1.807) is 0 Å². The molecule has 0 aliphatic rings. The summed E-state index contributed by atoms with van der Waals surface area (Å²) in [6.07, 6.45) is 47.2. The van der Waals surface area contributed by atoms with Crippen LogP contribution in [0.25, 0.3) is 0 Å². The molecule has 0 spiro atoms. The SMILES string of the molecule is CCCCCCCCCCCN(CCCCCCCCCCC)CC(=O)[O-].CCCCCCCCCCCN(CCCCCCCCCCC)CC(=O)[O-].[Ca+2]. The van der Waals surface area contributed by atoms with Crippen LogP contribution in [0.5, 0.6) is 0 Å². The van der Waals surface area contributed by atoms with Gasteiger partial charge in [-0.15, -0.1) is 0 Å². The van der Waals surface area contributed by atoms with Gasteiger partial charge in [0, 0.05) is 13.1 Å². The molecule has 0 saturated heterocycles. The molecule has 324 valence electrons. The minimum absolute atomic E-state index is 0. The Hall–Kier alpha value is 0.120. The van der Waals surface area contributed by atoms with Gasteiger partial charge in [0.05, 0.1) is 11.9 Å². The number of nitrogens with zero attached hydrogens (tertiary/aromatic N) is 2. The number of carbonyl (C=O) groups is 2. The summed E-state index contributed by atoms with van der Waals surface area (Å²) in [5.74, 6) is -1.86. The molecule has 0 unspecified atom stereocenters. The fraction of sp³-hybridized carbons (Fsp3) is 0.958. The fourth-order valence-electron chi connectivity index (χ4n) is 7.49. The Morgan fingerprint density at radius 2 is 0.436 bits per heavy atom. The van der Waals surface area contributed by atoms with Crippen molar-refractivity contribution in [2.45, 2.75) is 259 Å². The van der Waals surface area contributed by atoms with E-state index in [1.807, 2.05) is 0 Å². The van der Waals surface area contributed by atoms with Crippen molar-refractivity contribution in [2.24, 2.45) is 0 Å². The molecular formula is C48H96CaN2O4. The first-order chi connectivity index (χ1) is 26.4. The number of carbonyl (C=O) groups excluding carboxylic acids is 2. The molecule has 0 amide bonds.